The van der Waals surface area contributed by atoms with Crippen LogP contribution in [0, 0.1) is 5.92 Å². The molecular weight excluding hydrogens is 633 g/mol. The van der Waals surface area contributed by atoms with Crippen LogP contribution in [0.15, 0.2) is 176 Å². The zero-order chi connectivity index (χ0) is 34.4. The van der Waals surface area contributed by atoms with Crippen LogP contribution in [0.3, 0.4) is 0 Å². The molecule has 4 heterocycles. The largest absolute Gasteiger partial charge is 0.309 e. The standard InChI is InChI=1S/C48H36N4/c1-3-7-45-41(5-1)43-31-49-27-25-47(43)51(45)39-21-13-35(14-22-39)29-33-9-17-37(18-10-33)38-19-11-34(12-20-38)30-36-15-23-40(24-16-36)52-46-8-4-2-6-42(46)44-32-50-28-26-48(44)52/h1-15,17-28,31-32,36H,16,29-30H2. The molecular formula is C48H36N4. The van der Waals surface area contributed by atoms with Gasteiger partial charge in [-0.3, -0.25) is 9.97 Å². The molecule has 4 nitrogen and oxygen atoms in total. The van der Waals surface area contributed by atoms with Gasteiger partial charge in [-0.25, -0.2) is 0 Å². The summed E-state index contributed by atoms with van der Waals surface area (Å²) in [6, 6.07) is 48.6. The minimum Gasteiger partial charge on any atom is -0.309 e. The quantitative estimate of drug-likeness (QED) is 0.169. The number of para-hydroxylation sites is 2. The van der Waals surface area contributed by atoms with Crippen molar-refractivity contribution in [3.05, 3.63) is 193 Å². The Morgan fingerprint density at radius 3 is 1.62 bits per heavy atom. The number of nitrogens with zero attached hydrogens (tertiary/aromatic N) is 4. The zero-order valence-electron chi connectivity index (χ0n) is 28.7. The first-order chi connectivity index (χ1) is 25.8. The second kappa shape index (κ2) is 12.7. The Labute approximate surface area is 302 Å². The van der Waals surface area contributed by atoms with Crippen molar-refractivity contribution in [1.29, 1.82) is 0 Å². The third kappa shape index (κ3) is 5.32. The van der Waals surface area contributed by atoms with Crippen LogP contribution in [0.25, 0.3) is 66.1 Å². The molecule has 1 aliphatic rings. The number of hydrogen-bond acceptors (Lipinski definition) is 2. The van der Waals surface area contributed by atoms with Crippen LogP contribution >= 0.6 is 0 Å². The van der Waals surface area contributed by atoms with Crippen LogP contribution in [0.1, 0.15) is 23.1 Å². The summed E-state index contributed by atoms with van der Waals surface area (Å²) in [6.07, 6.45) is 17.7. The number of allylic oxidation sites excluding steroid dienone is 4. The lowest BCUT2D eigenvalue weighted by Crippen LogP contribution is -2.06. The monoisotopic (exact) mass is 668 g/mol. The molecule has 1 aliphatic carbocycles. The van der Waals surface area contributed by atoms with Gasteiger partial charge in [0.05, 0.1) is 22.1 Å². The van der Waals surface area contributed by atoms with Crippen LogP contribution in [-0.2, 0) is 12.8 Å². The summed E-state index contributed by atoms with van der Waals surface area (Å²) in [5, 5.41) is 4.85. The van der Waals surface area contributed by atoms with Gasteiger partial charge in [-0.15, -0.1) is 0 Å². The van der Waals surface area contributed by atoms with Crippen molar-refractivity contribution in [1.82, 2.24) is 19.1 Å². The molecule has 5 aromatic carbocycles. The van der Waals surface area contributed by atoms with Crippen molar-refractivity contribution in [3.63, 3.8) is 0 Å². The van der Waals surface area contributed by atoms with E-state index in [4.69, 9.17) is 0 Å². The van der Waals surface area contributed by atoms with E-state index >= 15 is 0 Å². The Hall–Kier alpha value is -6.52. The molecule has 248 valence electrons. The molecule has 0 N–H and O–H groups in total. The van der Waals surface area contributed by atoms with Gasteiger partial charge in [0, 0.05) is 57.7 Å². The molecule has 1 atom stereocenters. The smallest absolute Gasteiger partial charge is 0.0571 e. The van der Waals surface area contributed by atoms with Crippen molar-refractivity contribution in [2.75, 3.05) is 0 Å². The molecule has 0 saturated heterocycles. The van der Waals surface area contributed by atoms with Gasteiger partial charge in [0.15, 0.2) is 0 Å². The van der Waals surface area contributed by atoms with Crippen molar-refractivity contribution in [2.24, 2.45) is 5.92 Å². The summed E-state index contributed by atoms with van der Waals surface area (Å²) in [5.74, 6) is 0.483. The summed E-state index contributed by atoms with van der Waals surface area (Å²) < 4.78 is 4.71. The molecule has 0 aliphatic heterocycles. The fraction of sp³-hybridized carbons (Fsp3) is 0.0833. The van der Waals surface area contributed by atoms with E-state index in [1.807, 2.05) is 24.8 Å². The summed E-state index contributed by atoms with van der Waals surface area (Å²) in [5.41, 5.74) is 13.7. The van der Waals surface area contributed by atoms with Crippen molar-refractivity contribution in [3.8, 4) is 16.8 Å². The minimum atomic E-state index is 0.483. The Balaban J connectivity index is 0.801. The van der Waals surface area contributed by atoms with Crippen molar-refractivity contribution >= 4 is 49.3 Å². The maximum atomic E-state index is 4.39. The predicted octanol–water partition coefficient (Wildman–Crippen LogP) is 11.6. The van der Waals surface area contributed by atoms with E-state index in [1.54, 1.807) is 0 Å². The maximum Gasteiger partial charge on any atom is 0.0571 e. The van der Waals surface area contributed by atoms with Crippen molar-refractivity contribution < 1.29 is 0 Å². The first-order valence-corrected chi connectivity index (χ1v) is 18.1. The van der Waals surface area contributed by atoms with Crippen LogP contribution < -0.4 is 0 Å². The molecule has 0 saturated carbocycles. The van der Waals surface area contributed by atoms with Crippen LogP contribution in [0.4, 0.5) is 0 Å². The summed E-state index contributed by atoms with van der Waals surface area (Å²) in [6.45, 7) is 0. The highest BCUT2D eigenvalue weighted by Gasteiger charge is 2.16. The lowest BCUT2D eigenvalue weighted by Gasteiger charge is -2.18. The molecule has 10 rings (SSSR count). The molecule has 4 heteroatoms. The van der Waals surface area contributed by atoms with Crippen LogP contribution in [0.2, 0.25) is 0 Å². The van der Waals surface area contributed by atoms with E-state index in [9.17, 15) is 0 Å². The topological polar surface area (TPSA) is 35.6 Å². The lowest BCUT2D eigenvalue weighted by atomic mass is 9.91. The van der Waals surface area contributed by atoms with E-state index in [-0.39, 0.29) is 0 Å². The maximum absolute atomic E-state index is 4.39. The highest BCUT2D eigenvalue weighted by atomic mass is 15.0. The number of hydrogen-bond donors (Lipinski definition) is 0. The van der Waals surface area contributed by atoms with Gasteiger partial charge in [-0.1, -0.05) is 109 Å². The van der Waals surface area contributed by atoms with Gasteiger partial charge in [0.2, 0.25) is 0 Å². The predicted molar refractivity (Wildman–Crippen MR) is 216 cm³/mol. The van der Waals surface area contributed by atoms with E-state index in [2.05, 4.69) is 171 Å². The average Bonchev–Trinajstić information content (AvgIpc) is 3.73. The fourth-order valence-electron chi connectivity index (χ4n) is 8.11. The third-order valence-corrected chi connectivity index (χ3v) is 10.7. The van der Waals surface area contributed by atoms with E-state index < -0.39 is 0 Å². The Bertz CT molecular complexity index is 2690. The van der Waals surface area contributed by atoms with E-state index in [1.165, 1.54) is 77.1 Å². The zero-order valence-corrected chi connectivity index (χ0v) is 28.7. The third-order valence-electron chi connectivity index (χ3n) is 10.7. The molecule has 1 unspecified atom stereocenters. The summed E-state index contributed by atoms with van der Waals surface area (Å²) >= 11 is 0. The minimum absolute atomic E-state index is 0.483. The number of benzene rings is 5. The first-order valence-electron chi connectivity index (χ1n) is 18.1. The van der Waals surface area contributed by atoms with Crippen LogP contribution in [-0.4, -0.2) is 19.1 Å². The molecule has 4 aromatic heterocycles. The second-order valence-electron chi connectivity index (χ2n) is 13.9. The van der Waals surface area contributed by atoms with Crippen LogP contribution in [0.5, 0.6) is 0 Å². The number of pyridine rings is 2. The Kier molecular flexibility index (Phi) is 7.38. The molecule has 0 bridgehead atoms. The molecule has 0 spiro atoms. The van der Waals surface area contributed by atoms with Gasteiger partial charge in [0.1, 0.15) is 0 Å². The summed E-state index contributed by atoms with van der Waals surface area (Å²) in [4.78, 5) is 8.78. The van der Waals surface area contributed by atoms with Gasteiger partial charge in [-0.05, 0) is 95.5 Å². The number of aromatic nitrogens is 4. The van der Waals surface area contributed by atoms with E-state index in [0.29, 0.717) is 5.92 Å². The lowest BCUT2D eigenvalue weighted by molar-refractivity contribution is 0.653. The number of rotatable bonds is 7. The van der Waals surface area contributed by atoms with Gasteiger partial charge in [-0.2, -0.15) is 0 Å². The van der Waals surface area contributed by atoms with E-state index in [0.717, 1.165) is 24.9 Å². The Morgan fingerprint density at radius 1 is 0.500 bits per heavy atom. The molecule has 0 fully saturated rings. The molecule has 9 aromatic rings. The highest BCUT2D eigenvalue weighted by Crippen LogP contribution is 2.35. The Morgan fingerprint density at radius 2 is 1.02 bits per heavy atom. The second-order valence-corrected chi connectivity index (χ2v) is 13.9. The highest BCUT2D eigenvalue weighted by molar-refractivity contribution is 6.10. The van der Waals surface area contributed by atoms with Gasteiger partial charge < -0.3 is 9.13 Å². The van der Waals surface area contributed by atoms with Gasteiger partial charge >= 0.3 is 0 Å². The molecule has 52 heavy (non-hydrogen) atoms. The number of fused-ring (bicyclic) bond motifs is 6. The molecule has 0 radical (unpaired) electrons. The summed E-state index contributed by atoms with van der Waals surface area (Å²) in [7, 11) is 0. The fourth-order valence-corrected chi connectivity index (χ4v) is 8.11. The molecule has 0 amide bonds. The first kappa shape index (κ1) is 30.3. The average molecular weight is 669 g/mol. The van der Waals surface area contributed by atoms with Crippen molar-refractivity contribution in [2.45, 2.75) is 19.3 Å². The normalized spacial score (nSPS) is 14.5. The van der Waals surface area contributed by atoms with Gasteiger partial charge in [0.25, 0.3) is 0 Å². The SMILES string of the molecule is C1=CC(Cc2ccc(-c3ccc(Cc4ccc(-n5c6ccccc6c6cnccc65)cc4)cc3)cc2)CC=C1n1c2ccccc2c2cnccc21.